The Bertz CT molecular complexity index is 3520. The van der Waals surface area contributed by atoms with Crippen LogP contribution in [0.3, 0.4) is 0 Å². The van der Waals surface area contributed by atoms with Gasteiger partial charge >= 0.3 is 0 Å². The highest BCUT2D eigenvalue weighted by Gasteiger charge is 2.19. The Kier molecular flexibility index (Phi) is 9.90. The summed E-state index contributed by atoms with van der Waals surface area (Å²) in [7, 11) is 0. The molecule has 12 rings (SSSR count). The number of anilines is 9. The van der Waals surface area contributed by atoms with Crippen molar-refractivity contribution in [1.29, 1.82) is 0 Å². The second-order valence-electron chi connectivity index (χ2n) is 16.2. The van der Waals surface area contributed by atoms with Crippen molar-refractivity contribution in [3.63, 3.8) is 0 Å². The molecule has 10 aromatic carbocycles. The van der Waals surface area contributed by atoms with Gasteiger partial charge in [0.05, 0.1) is 0 Å². The molecular formula is C60H41N3S2. The standard InChI is InChI=1S/C60H41N3S2/c1-5-17-44(18-6-1)61(45-19-7-2-8-20-45)49-25-15-16-43(38-49)42-28-30-48(31-29-42)63(51-32-35-54-53-26-13-14-27-57(53)64-59(54)40-51)52-33-36-55-56-39-50(34-37-58(56)65-60(55)41-52)62(46-21-9-3-10-22-46)47-23-11-4-12-24-47/h1-41H. The highest BCUT2D eigenvalue weighted by Crippen LogP contribution is 2.45. The van der Waals surface area contributed by atoms with Gasteiger partial charge in [0, 0.05) is 91.5 Å². The highest BCUT2D eigenvalue weighted by atomic mass is 32.1. The quantitative estimate of drug-likeness (QED) is 0.136. The van der Waals surface area contributed by atoms with Crippen LogP contribution in [0.2, 0.25) is 0 Å². The molecule has 0 N–H and O–H groups in total. The van der Waals surface area contributed by atoms with Gasteiger partial charge in [-0.15, -0.1) is 22.7 Å². The minimum Gasteiger partial charge on any atom is -0.310 e. The van der Waals surface area contributed by atoms with Crippen LogP contribution >= 0.6 is 22.7 Å². The van der Waals surface area contributed by atoms with Crippen molar-refractivity contribution in [1.82, 2.24) is 0 Å². The first-order chi connectivity index (χ1) is 32.2. The number of hydrogen-bond acceptors (Lipinski definition) is 5. The fourth-order valence-corrected chi connectivity index (χ4v) is 11.4. The second kappa shape index (κ2) is 16.6. The van der Waals surface area contributed by atoms with Crippen molar-refractivity contribution in [3.8, 4) is 11.1 Å². The zero-order valence-electron chi connectivity index (χ0n) is 35.3. The van der Waals surface area contributed by atoms with Crippen molar-refractivity contribution in [2.75, 3.05) is 14.7 Å². The summed E-state index contributed by atoms with van der Waals surface area (Å²) < 4.78 is 5.11. The summed E-state index contributed by atoms with van der Waals surface area (Å²) >= 11 is 3.71. The first-order valence-corrected chi connectivity index (χ1v) is 23.5. The Morgan fingerprint density at radius 3 is 1.12 bits per heavy atom. The number of fused-ring (bicyclic) bond motifs is 6. The molecular weight excluding hydrogens is 827 g/mol. The molecule has 0 aliphatic rings. The Hall–Kier alpha value is -7.96. The van der Waals surface area contributed by atoms with Crippen LogP contribution in [0.4, 0.5) is 51.2 Å². The van der Waals surface area contributed by atoms with Crippen LogP contribution in [-0.4, -0.2) is 0 Å². The van der Waals surface area contributed by atoms with Crippen LogP contribution in [0.25, 0.3) is 51.5 Å². The summed E-state index contributed by atoms with van der Waals surface area (Å²) in [6.45, 7) is 0. The molecule has 0 fully saturated rings. The SMILES string of the molecule is c1ccc(N(c2ccccc2)c2cccc(-c3ccc(N(c4ccc5c(c4)sc4ccccc45)c4ccc5c(c4)sc4ccc(N(c6ccccc6)c6ccccc6)cc45)cc3)c2)cc1. The van der Waals surface area contributed by atoms with Gasteiger partial charge in [0.2, 0.25) is 0 Å². The van der Waals surface area contributed by atoms with Gasteiger partial charge in [0.1, 0.15) is 0 Å². The summed E-state index contributed by atoms with van der Waals surface area (Å²) in [6, 6.07) is 89.9. The van der Waals surface area contributed by atoms with Gasteiger partial charge in [0.25, 0.3) is 0 Å². The maximum atomic E-state index is 2.42. The lowest BCUT2D eigenvalue weighted by Crippen LogP contribution is -2.10. The van der Waals surface area contributed by atoms with Crippen molar-refractivity contribution in [2.24, 2.45) is 0 Å². The molecule has 5 heteroatoms. The van der Waals surface area contributed by atoms with E-state index in [4.69, 9.17) is 0 Å². The van der Waals surface area contributed by atoms with Crippen LogP contribution in [0, 0.1) is 0 Å². The van der Waals surface area contributed by atoms with E-state index in [1.807, 2.05) is 22.7 Å². The molecule has 0 saturated heterocycles. The predicted octanol–water partition coefficient (Wildman–Crippen LogP) is 18.5. The minimum absolute atomic E-state index is 1.10. The molecule has 0 spiro atoms. The molecule has 2 aromatic heterocycles. The zero-order chi connectivity index (χ0) is 43.1. The number of nitrogens with zero attached hydrogens (tertiary/aromatic N) is 3. The molecule has 0 atom stereocenters. The van der Waals surface area contributed by atoms with Gasteiger partial charge in [-0.2, -0.15) is 0 Å². The number of thiophene rings is 2. The molecule has 2 heterocycles. The number of para-hydroxylation sites is 4. The third-order valence-corrected chi connectivity index (χ3v) is 14.5. The van der Waals surface area contributed by atoms with Crippen LogP contribution in [0.1, 0.15) is 0 Å². The summed E-state index contributed by atoms with van der Waals surface area (Å²) in [5.74, 6) is 0. The van der Waals surface area contributed by atoms with Crippen LogP contribution in [-0.2, 0) is 0 Å². The highest BCUT2D eigenvalue weighted by molar-refractivity contribution is 7.26. The van der Waals surface area contributed by atoms with Crippen molar-refractivity contribution < 1.29 is 0 Å². The van der Waals surface area contributed by atoms with Crippen molar-refractivity contribution in [3.05, 3.63) is 249 Å². The molecule has 0 amide bonds. The summed E-state index contributed by atoms with van der Waals surface area (Å²) in [4.78, 5) is 7.07. The Labute approximate surface area is 386 Å². The Morgan fingerprint density at radius 2 is 0.569 bits per heavy atom. The molecule has 0 bridgehead atoms. The topological polar surface area (TPSA) is 9.72 Å². The van der Waals surface area contributed by atoms with Crippen LogP contribution in [0.5, 0.6) is 0 Å². The van der Waals surface area contributed by atoms with E-state index in [-0.39, 0.29) is 0 Å². The normalized spacial score (nSPS) is 11.4. The van der Waals surface area contributed by atoms with Gasteiger partial charge in [-0.3, -0.25) is 0 Å². The van der Waals surface area contributed by atoms with Gasteiger partial charge in [-0.25, -0.2) is 0 Å². The van der Waals surface area contributed by atoms with E-state index in [9.17, 15) is 0 Å². The van der Waals surface area contributed by atoms with Gasteiger partial charge in [-0.05, 0) is 132 Å². The lowest BCUT2D eigenvalue weighted by atomic mass is 10.0. The Balaban J connectivity index is 0.949. The summed E-state index contributed by atoms with van der Waals surface area (Å²) in [5, 5.41) is 5.11. The van der Waals surface area contributed by atoms with Crippen LogP contribution in [0.15, 0.2) is 249 Å². The third-order valence-electron chi connectivity index (χ3n) is 12.2. The zero-order valence-corrected chi connectivity index (χ0v) is 37.0. The average Bonchev–Trinajstić information content (AvgIpc) is 3.93. The van der Waals surface area contributed by atoms with Gasteiger partial charge in [0.15, 0.2) is 0 Å². The largest absolute Gasteiger partial charge is 0.310 e. The van der Waals surface area contributed by atoms with E-state index in [2.05, 4.69) is 263 Å². The lowest BCUT2D eigenvalue weighted by Gasteiger charge is -2.26. The van der Waals surface area contributed by atoms with E-state index >= 15 is 0 Å². The molecule has 0 aliphatic heterocycles. The first-order valence-electron chi connectivity index (χ1n) is 21.9. The molecule has 3 nitrogen and oxygen atoms in total. The van der Waals surface area contributed by atoms with Crippen molar-refractivity contribution >= 4 is 114 Å². The smallest absolute Gasteiger partial charge is 0.0476 e. The van der Waals surface area contributed by atoms with Crippen molar-refractivity contribution in [2.45, 2.75) is 0 Å². The monoisotopic (exact) mass is 867 g/mol. The molecule has 65 heavy (non-hydrogen) atoms. The first kappa shape index (κ1) is 38.7. The van der Waals surface area contributed by atoms with E-state index < -0.39 is 0 Å². The number of hydrogen-bond donors (Lipinski definition) is 0. The molecule has 0 unspecified atom stereocenters. The minimum atomic E-state index is 1.10. The van der Waals surface area contributed by atoms with E-state index in [1.165, 1.54) is 40.3 Å². The van der Waals surface area contributed by atoms with Gasteiger partial charge < -0.3 is 14.7 Å². The molecule has 0 aliphatic carbocycles. The molecule has 308 valence electrons. The molecule has 0 saturated carbocycles. The predicted molar refractivity (Wildman–Crippen MR) is 282 cm³/mol. The number of rotatable bonds is 10. The fourth-order valence-electron chi connectivity index (χ4n) is 9.16. The van der Waals surface area contributed by atoms with E-state index in [0.717, 1.165) is 62.3 Å². The molecule has 12 aromatic rings. The number of benzene rings is 10. The van der Waals surface area contributed by atoms with E-state index in [1.54, 1.807) is 0 Å². The Morgan fingerprint density at radius 1 is 0.200 bits per heavy atom. The maximum absolute atomic E-state index is 2.42. The average molecular weight is 868 g/mol. The van der Waals surface area contributed by atoms with Crippen LogP contribution < -0.4 is 14.7 Å². The summed E-state index contributed by atoms with van der Waals surface area (Å²) in [5.41, 5.74) is 12.4. The molecule has 0 radical (unpaired) electrons. The third kappa shape index (κ3) is 7.27. The second-order valence-corrected chi connectivity index (χ2v) is 18.4. The maximum Gasteiger partial charge on any atom is 0.0476 e. The van der Waals surface area contributed by atoms with E-state index in [0.29, 0.717) is 0 Å². The summed E-state index contributed by atoms with van der Waals surface area (Å²) in [6.07, 6.45) is 0. The fraction of sp³-hybridized carbons (Fsp3) is 0. The van der Waals surface area contributed by atoms with Gasteiger partial charge in [-0.1, -0.05) is 127 Å². The lowest BCUT2D eigenvalue weighted by molar-refractivity contribution is 1.28.